The topological polar surface area (TPSA) is 41.0 Å². The molecule has 1 N–H and O–H groups in total. The maximum absolute atomic E-state index is 13.8. The number of hydrogen-bond acceptors (Lipinski definition) is 4. The van der Waals surface area contributed by atoms with E-state index in [0.717, 1.165) is 5.69 Å². The Balaban J connectivity index is 2.06. The summed E-state index contributed by atoms with van der Waals surface area (Å²) in [7, 11) is 0. The van der Waals surface area contributed by atoms with E-state index >= 15 is 0 Å². The van der Waals surface area contributed by atoms with E-state index < -0.39 is 5.82 Å². The van der Waals surface area contributed by atoms with Crippen LogP contribution in [0.3, 0.4) is 0 Å². The van der Waals surface area contributed by atoms with Gasteiger partial charge in [-0.1, -0.05) is 34.8 Å². The van der Waals surface area contributed by atoms with Crippen molar-refractivity contribution in [3.63, 3.8) is 0 Å². The lowest BCUT2D eigenvalue weighted by atomic mass is 10.0. The van der Waals surface area contributed by atoms with Crippen molar-refractivity contribution < 1.29 is 4.39 Å². The number of benzene rings is 1. The Morgan fingerprint density at radius 2 is 2.05 bits per heavy atom. The van der Waals surface area contributed by atoms with Crippen molar-refractivity contribution in [2.75, 3.05) is 23.3 Å². The third kappa shape index (κ3) is 2.69. The van der Waals surface area contributed by atoms with Crippen LogP contribution in [0.25, 0.3) is 0 Å². The molecule has 2 aromatic rings. The lowest BCUT2D eigenvalue weighted by Crippen LogP contribution is -2.36. The maximum Gasteiger partial charge on any atom is 0.172 e. The third-order valence-corrected chi connectivity index (χ3v) is 4.56. The van der Waals surface area contributed by atoms with Gasteiger partial charge in [0.15, 0.2) is 11.0 Å². The Bertz CT molecular complexity index is 725. The second kappa shape index (κ2) is 6.07. The molecule has 0 fully saturated rings. The van der Waals surface area contributed by atoms with Crippen molar-refractivity contribution in [2.24, 2.45) is 0 Å². The van der Waals surface area contributed by atoms with Crippen LogP contribution in [0, 0.1) is 5.82 Å². The average molecular weight is 362 g/mol. The SMILES string of the molecule is CC(c1c(Cl)ccc(F)c1Cl)N1CCNc2nnc(Cl)cc21. The molecule has 0 aliphatic carbocycles. The number of rotatable bonds is 2. The number of fused-ring (bicyclic) bond motifs is 1. The monoisotopic (exact) mass is 360 g/mol. The summed E-state index contributed by atoms with van der Waals surface area (Å²) in [5, 5.41) is 11.8. The van der Waals surface area contributed by atoms with E-state index in [0.29, 0.717) is 29.5 Å². The van der Waals surface area contributed by atoms with Crippen molar-refractivity contribution in [2.45, 2.75) is 13.0 Å². The van der Waals surface area contributed by atoms with E-state index in [-0.39, 0.29) is 16.2 Å². The number of aromatic nitrogens is 2. The van der Waals surface area contributed by atoms with Gasteiger partial charge in [0.2, 0.25) is 0 Å². The molecule has 1 aliphatic heterocycles. The Morgan fingerprint density at radius 3 is 2.82 bits per heavy atom. The van der Waals surface area contributed by atoms with E-state index in [4.69, 9.17) is 34.8 Å². The predicted octanol–water partition coefficient (Wildman–Crippen LogP) is 4.57. The highest BCUT2D eigenvalue weighted by molar-refractivity contribution is 6.36. The zero-order valence-corrected chi connectivity index (χ0v) is 13.8. The van der Waals surface area contributed by atoms with Crippen molar-refractivity contribution in [1.82, 2.24) is 10.2 Å². The second-order valence-electron chi connectivity index (χ2n) is 4.95. The molecule has 0 radical (unpaired) electrons. The van der Waals surface area contributed by atoms with E-state index in [2.05, 4.69) is 15.5 Å². The molecule has 4 nitrogen and oxygen atoms in total. The number of hydrogen-bond donors (Lipinski definition) is 1. The summed E-state index contributed by atoms with van der Waals surface area (Å²) in [5.74, 6) is 0.139. The maximum atomic E-state index is 13.8. The molecule has 0 saturated heterocycles. The average Bonchev–Trinajstić information content (AvgIpc) is 2.50. The molecule has 8 heteroatoms. The first-order chi connectivity index (χ1) is 10.5. The van der Waals surface area contributed by atoms with Gasteiger partial charge in [-0.25, -0.2) is 4.39 Å². The number of nitrogens with one attached hydrogen (secondary N) is 1. The van der Waals surface area contributed by atoms with Crippen LogP contribution in [0.5, 0.6) is 0 Å². The largest absolute Gasteiger partial charge is 0.365 e. The summed E-state index contributed by atoms with van der Waals surface area (Å²) >= 11 is 18.3. The van der Waals surface area contributed by atoms with Crippen molar-refractivity contribution in [3.8, 4) is 0 Å². The van der Waals surface area contributed by atoms with Gasteiger partial charge in [-0.3, -0.25) is 0 Å². The van der Waals surface area contributed by atoms with Crippen LogP contribution in [0.1, 0.15) is 18.5 Å². The van der Waals surface area contributed by atoms with E-state index in [9.17, 15) is 4.39 Å². The van der Waals surface area contributed by atoms with Gasteiger partial charge in [0, 0.05) is 29.7 Å². The third-order valence-electron chi connectivity index (χ3n) is 3.66. The zero-order valence-electron chi connectivity index (χ0n) is 11.6. The number of anilines is 2. The van der Waals surface area contributed by atoms with E-state index in [1.807, 2.05) is 11.8 Å². The molecule has 0 saturated carbocycles. The van der Waals surface area contributed by atoms with Gasteiger partial charge in [0.05, 0.1) is 16.8 Å². The summed E-state index contributed by atoms with van der Waals surface area (Å²) in [5.41, 5.74) is 1.33. The Labute approximate surface area is 142 Å². The van der Waals surface area contributed by atoms with Crippen molar-refractivity contribution in [1.29, 1.82) is 0 Å². The normalized spacial score (nSPS) is 15.2. The Morgan fingerprint density at radius 1 is 1.27 bits per heavy atom. The highest BCUT2D eigenvalue weighted by atomic mass is 35.5. The molecule has 0 spiro atoms. The van der Waals surface area contributed by atoms with Crippen LogP contribution in [0.15, 0.2) is 18.2 Å². The van der Waals surface area contributed by atoms with Crippen LogP contribution >= 0.6 is 34.8 Å². The fourth-order valence-electron chi connectivity index (χ4n) is 2.60. The van der Waals surface area contributed by atoms with E-state index in [1.165, 1.54) is 12.1 Å². The second-order valence-corrected chi connectivity index (χ2v) is 6.13. The van der Waals surface area contributed by atoms with Crippen LogP contribution in [0.4, 0.5) is 15.9 Å². The van der Waals surface area contributed by atoms with Crippen molar-refractivity contribution in [3.05, 3.63) is 44.8 Å². The molecule has 1 unspecified atom stereocenters. The molecule has 1 aromatic carbocycles. The molecule has 1 atom stereocenters. The van der Waals surface area contributed by atoms with Gasteiger partial charge < -0.3 is 10.2 Å². The summed E-state index contributed by atoms with van der Waals surface area (Å²) in [6, 6.07) is 4.25. The smallest absolute Gasteiger partial charge is 0.172 e. The van der Waals surface area contributed by atoms with Gasteiger partial charge in [-0.2, -0.15) is 0 Å². The zero-order chi connectivity index (χ0) is 15.9. The molecule has 1 aromatic heterocycles. The molecule has 1 aliphatic rings. The fourth-order valence-corrected chi connectivity index (χ4v) is 3.43. The van der Waals surface area contributed by atoms with Gasteiger partial charge >= 0.3 is 0 Å². The quantitative estimate of drug-likeness (QED) is 0.796. The molecule has 116 valence electrons. The number of halogens is 4. The lowest BCUT2D eigenvalue weighted by molar-refractivity contribution is 0.614. The first-order valence-electron chi connectivity index (χ1n) is 6.66. The molecular formula is C14H12Cl3FN4. The minimum absolute atomic E-state index is 0.0354. The van der Waals surface area contributed by atoms with Crippen LogP contribution in [-0.4, -0.2) is 23.3 Å². The summed E-state index contributed by atoms with van der Waals surface area (Å²) in [6.07, 6.45) is 0. The molecule has 0 amide bonds. The first-order valence-corrected chi connectivity index (χ1v) is 7.79. The summed E-state index contributed by atoms with van der Waals surface area (Å²) in [4.78, 5) is 2.03. The highest BCUT2D eigenvalue weighted by Crippen LogP contribution is 2.40. The van der Waals surface area contributed by atoms with Gasteiger partial charge in [0.25, 0.3) is 0 Å². The highest BCUT2D eigenvalue weighted by Gasteiger charge is 2.27. The van der Waals surface area contributed by atoms with Crippen LogP contribution in [-0.2, 0) is 0 Å². The van der Waals surface area contributed by atoms with Gasteiger partial charge in [-0.05, 0) is 19.1 Å². The molecule has 2 heterocycles. The predicted molar refractivity (Wildman–Crippen MR) is 87.7 cm³/mol. The standard InChI is InChI=1S/C14H12Cl3FN4/c1-7(12-8(15)2-3-9(18)13(12)17)22-5-4-19-14-10(22)6-11(16)20-21-14/h2-3,6-7H,4-5H2,1H3,(H,19,21). The van der Waals surface area contributed by atoms with Gasteiger partial charge in [0.1, 0.15) is 5.82 Å². The summed E-state index contributed by atoms with van der Waals surface area (Å²) < 4.78 is 13.8. The summed E-state index contributed by atoms with van der Waals surface area (Å²) in [6.45, 7) is 3.27. The fraction of sp³-hybridized carbons (Fsp3) is 0.286. The number of nitrogens with zero attached hydrogens (tertiary/aromatic N) is 3. The minimum atomic E-state index is -0.492. The molecule has 0 bridgehead atoms. The Hall–Kier alpha value is -1.30. The van der Waals surface area contributed by atoms with Crippen LogP contribution < -0.4 is 10.2 Å². The minimum Gasteiger partial charge on any atom is -0.365 e. The molecular weight excluding hydrogens is 350 g/mol. The first kappa shape index (κ1) is 15.6. The van der Waals surface area contributed by atoms with Gasteiger partial charge in [-0.15, -0.1) is 10.2 Å². The Kier molecular flexibility index (Phi) is 4.30. The lowest BCUT2D eigenvalue weighted by Gasteiger charge is -2.36. The van der Waals surface area contributed by atoms with Crippen LogP contribution in [0.2, 0.25) is 15.2 Å². The van der Waals surface area contributed by atoms with E-state index in [1.54, 1.807) is 6.07 Å². The molecule has 22 heavy (non-hydrogen) atoms. The molecule has 3 rings (SSSR count). The van der Waals surface area contributed by atoms with Crippen molar-refractivity contribution >= 4 is 46.3 Å².